The first kappa shape index (κ1) is 28.9. The number of aryl methyl sites for hydroxylation is 2. The molecule has 10 nitrogen and oxygen atoms in total. The average molecular weight is 638 g/mol. The van der Waals surface area contributed by atoms with Crippen molar-refractivity contribution in [1.29, 1.82) is 0 Å². The van der Waals surface area contributed by atoms with Crippen LogP contribution in [0.15, 0.2) is 89.3 Å². The van der Waals surface area contributed by atoms with Crippen LogP contribution < -0.4 is 5.56 Å². The minimum absolute atomic E-state index is 0.135. The number of hydrogen-bond donors (Lipinski definition) is 0. The van der Waals surface area contributed by atoms with Crippen LogP contribution in [0.4, 0.5) is 13.2 Å². The van der Waals surface area contributed by atoms with Crippen LogP contribution in [0.1, 0.15) is 53.8 Å². The standard InChI is InChI=1S/C31H26F3N5O5S/c1-19-7-9-22(10-8-19)45(41,42)39-25(28-43-13-14-44-28)16-23-24(31(32,33)34)17-38(27(40)26(23)39)21-6-3-5-20(15-21)30(11-4-12-30)29-36-35-18-37(29)2/h3,5-10,13-18,28H,4,11-12H2,1-2H3. The summed E-state index contributed by atoms with van der Waals surface area (Å²) in [5.41, 5.74) is -2.01. The van der Waals surface area contributed by atoms with Crippen molar-refractivity contribution in [3.63, 3.8) is 0 Å². The normalized spacial score (nSPS) is 16.5. The number of halogens is 3. The number of hydrogen-bond acceptors (Lipinski definition) is 7. The summed E-state index contributed by atoms with van der Waals surface area (Å²) in [5, 5.41) is 7.71. The van der Waals surface area contributed by atoms with E-state index in [9.17, 15) is 26.4 Å². The highest BCUT2D eigenvalue weighted by Gasteiger charge is 2.44. The number of pyridine rings is 1. The van der Waals surface area contributed by atoms with Crippen LogP contribution in [-0.2, 0) is 38.1 Å². The largest absolute Gasteiger partial charge is 0.454 e. The molecular weight excluding hydrogens is 611 g/mol. The van der Waals surface area contributed by atoms with Crippen LogP contribution in [0.3, 0.4) is 0 Å². The van der Waals surface area contributed by atoms with Crippen LogP contribution >= 0.6 is 0 Å². The monoisotopic (exact) mass is 637 g/mol. The van der Waals surface area contributed by atoms with E-state index in [1.165, 1.54) is 18.2 Å². The van der Waals surface area contributed by atoms with Gasteiger partial charge in [0.25, 0.3) is 21.9 Å². The van der Waals surface area contributed by atoms with Crippen molar-refractivity contribution in [2.24, 2.45) is 7.05 Å². The van der Waals surface area contributed by atoms with E-state index >= 15 is 0 Å². The third kappa shape index (κ3) is 4.45. The van der Waals surface area contributed by atoms with Crippen LogP contribution in [0, 0.1) is 6.92 Å². The first-order chi connectivity index (χ1) is 21.4. The molecule has 3 aromatic heterocycles. The lowest BCUT2D eigenvalue weighted by molar-refractivity contribution is -0.136. The Balaban J connectivity index is 1.51. The number of ether oxygens (including phenoxy) is 2. The second kappa shape index (κ2) is 10.1. The zero-order valence-electron chi connectivity index (χ0n) is 24.0. The van der Waals surface area contributed by atoms with Gasteiger partial charge < -0.3 is 14.0 Å². The maximum absolute atomic E-state index is 14.7. The lowest BCUT2D eigenvalue weighted by Gasteiger charge is -2.41. The van der Waals surface area contributed by atoms with Crippen molar-refractivity contribution in [1.82, 2.24) is 23.3 Å². The molecular formula is C31H26F3N5O5S. The second-order valence-electron chi connectivity index (χ2n) is 11.3. The van der Waals surface area contributed by atoms with Gasteiger partial charge in [-0.2, -0.15) is 13.2 Å². The van der Waals surface area contributed by atoms with Gasteiger partial charge in [0.15, 0.2) is 0 Å². The maximum atomic E-state index is 14.7. The quantitative estimate of drug-likeness (QED) is 0.243. The molecule has 1 aliphatic heterocycles. The fourth-order valence-corrected chi connectivity index (χ4v) is 7.69. The highest BCUT2D eigenvalue weighted by molar-refractivity contribution is 7.90. The molecule has 0 saturated heterocycles. The van der Waals surface area contributed by atoms with Crippen LogP contribution in [0.25, 0.3) is 16.6 Å². The summed E-state index contributed by atoms with van der Waals surface area (Å²) < 4.78 is 86.4. The smallest absolute Gasteiger partial charge is 0.418 e. The van der Waals surface area contributed by atoms with E-state index in [0.29, 0.717) is 16.0 Å². The summed E-state index contributed by atoms with van der Waals surface area (Å²) in [6.45, 7) is 1.76. The molecule has 1 aliphatic carbocycles. The summed E-state index contributed by atoms with van der Waals surface area (Å²) >= 11 is 0. The van der Waals surface area contributed by atoms with Gasteiger partial charge in [0, 0.05) is 24.3 Å². The molecule has 1 saturated carbocycles. The van der Waals surface area contributed by atoms with E-state index in [1.807, 2.05) is 13.1 Å². The molecule has 232 valence electrons. The molecule has 0 spiro atoms. The van der Waals surface area contributed by atoms with Crippen molar-refractivity contribution in [3.8, 4) is 5.69 Å². The molecule has 2 aromatic carbocycles. The summed E-state index contributed by atoms with van der Waals surface area (Å²) in [6.07, 6.45) is 0.615. The molecule has 5 aromatic rings. The van der Waals surface area contributed by atoms with Gasteiger partial charge in [-0.1, -0.05) is 36.2 Å². The first-order valence-electron chi connectivity index (χ1n) is 14.0. The van der Waals surface area contributed by atoms with Gasteiger partial charge in [-0.05, 0) is 55.7 Å². The van der Waals surface area contributed by atoms with Crippen molar-refractivity contribution >= 4 is 20.9 Å². The molecule has 2 aliphatic rings. The predicted molar refractivity (Wildman–Crippen MR) is 156 cm³/mol. The number of fused-ring (bicyclic) bond motifs is 1. The van der Waals surface area contributed by atoms with Crippen molar-refractivity contribution in [3.05, 3.63) is 118 Å². The maximum Gasteiger partial charge on any atom is 0.418 e. The molecule has 0 radical (unpaired) electrons. The lowest BCUT2D eigenvalue weighted by atomic mass is 9.63. The van der Waals surface area contributed by atoms with Gasteiger partial charge >= 0.3 is 6.18 Å². The fourth-order valence-electron chi connectivity index (χ4n) is 6.17. The Morgan fingerprint density at radius 1 is 1.02 bits per heavy atom. The van der Waals surface area contributed by atoms with Crippen molar-refractivity contribution in [2.45, 2.75) is 49.0 Å². The summed E-state index contributed by atoms with van der Waals surface area (Å²) in [4.78, 5) is 14.1. The zero-order chi connectivity index (χ0) is 31.7. The molecule has 0 amide bonds. The first-order valence-corrected chi connectivity index (χ1v) is 15.5. The average Bonchev–Trinajstić information content (AvgIpc) is 3.73. The van der Waals surface area contributed by atoms with Crippen LogP contribution in [0.5, 0.6) is 0 Å². The molecule has 0 atom stereocenters. The van der Waals surface area contributed by atoms with E-state index < -0.39 is 49.9 Å². The molecule has 4 heterocycles. The molecule has 7 rings (SSSR count). The van der Waals surface area contributed by atoms with E-state index in [0.717, 1.165) is 53.5 Å². The Kier molecular flexibility index (Phi) is 6.48. The molecule has 0 bridgehead atoms. The topological polar surface area (TPSA) is 110 Å². The SMILES string of the molecule is Cc1ccc(S(=O)(=O)n2c(C3OC=CO3)cc3c(C(F)(F)F)cn(-c4cccc(C5(c6nncn6C)CCC5)c4)c(=O)c32)cc1. The third-order valence-corrected chi connectivity index (χ3v) is 10.3. The van der Waals surface area contributed by atoms with Crippen LogP contribution in [0.2, 0.25) is 0 Å². The fraction of sp³-hybridized carbons (Fsp3) is 0.258. The Labute approximate surface area is 255 Å². The van der Waals surface area contributed by atoms with Crippen molar-refractivity contribution < 1.29 is 31.1 Å². The second-order valence-corrected chi connectivity index (χ2v) is 13.0. The molecule has 0 unspecified atom stereocenters. The van der Waals surface area contributed by atoms with E-state index in [1.54, 1.807) is 42.1 Å². The van der Waals surface area contributed by atoms with E-state index in [-0.39, 0.29) is 16.3 Å². The Morgan fingerprint density at radius 3 is 2.33 bits per heavy atom. The number of aromatic nitrogens is 5. The molecule has 1 fully saturated rings. The van der Waals surface area contributed by atoms with Gasteiger partial charge in [-0.25, -0.2) is 12.4 Å². The summed E-state index contributed by atoms with van der Waals surface area (Å²) in [5.74, 6) is 0.706. The van der Waals surface area contributed by atoms with Gasteiger partial charge in [-0.3, -0.25) is 9.36 Å². The molecule has 14 heteroatoms. The minimum atomic E-state index is -4.95. The Bertz CT molecular complexity index is 2150. The van der Waals surface area contributed by atoms with E-state index in [2.05, 4.69) is 10.2 Å². The van der Waals surface area contributed by atoms with Crippen molar-refractivity contribution in [2.75, 3.05) is 0 Å². The predicted octanol–water partition coefficient (Wildman–Crippen LogP) is 5.47. The van der Waals surface area contributed by atoms with Crippen LogP contribution in [-0.4, -0.2) is 31.7 Å². The Morgan fingerprint density at radius 2 is 1.73 bits per heavy atom. The zero-order valence-corrected chi connectivity index (χ0v) is 24.8. The lowest BCUT2D eigenvalue weighted by Crippen LogP contribution is -2.38. The van der Waals surface area contributed by atoms with Gasteiger partial charge in [0.1, 0.15) is 35.9 Å². The number of nitrogens with zero attached hydrogens (tertiary/aromatic N) is 5. The van der Waals surface area contributed by atoms with Gasteiger partial charge in [0.2, 0.25) is 0 Å². The Hall–Kier alpha value is -4.85. The van der Waals surface area contributed by atoms with Gasteiger partial charge in [0.05, 0.1) is 15.9 Å². The van der Waals surface area contributed by atoms with E-state index in [4.69, 9.17) is 9.47 Å². The summed E-state index contributed by atoms with van der Waals surface area (Å²) in [7, 11) is -2.80. The number of benzene rings is 2. The van der Waals surface area contributed by atoms with Gasteiger partial charge in [-0.15, -0.1) is 10.2 Å². The highest BCUT2D eigenvalue weighted by atomic mass is 32.2. The molecule has 45 heavy (non-hydrogen) atoms. The third-order valence-electron chi connectivity index (χ3n) is 8.54. The number of rotatable bonds is 6. The number of alkyl halides is 3. The highest BCUT2D eigenvalue weighted by Crippen LogP contribution is 2.48. The molecule has 0 N–H and O–H groups in total. The summed E-state index contributed by atoms with van der Waals surface area (Å²) in [6, 6.07) is 13.4. The minimum Gasteiger partial charge on any atom is -0.454 e.